The largest absolute Gasteiger partial charge is 0.474 e. The number of hydrogen-bond acceptors (Lipinski definition) is 4. The summed E-state index contributed by atoms with van der Waals surface area (Å²) in [6, 6.07) is 11.4. The second-order valence-corrected chi connectivity index (χ2v) is 4.45. The molecule has 0 saturated heterocycles. The predicted octanol–water partition coefficient (Wildman–Crippen LogP) is 3.14. The summed E-state index contributed by atoms with van der Waals surface area (Å²) in [6.45, 7) is 1.42. The van der Waals surface area contributed by atoms with Crippen molar-refractivity contribution in [3.8, 4) is 5.75 Å². The molecule has 0 saturated carbocycles. The minimum absolute atomic E-state index is 0.0190. The van der Waals surface area contributed by atoms with Gasteiger partial charge in [0.2, 0.25) is 0 Å². The zero-order valence-corrected chi connectivity index (χ0v) is 11.7. The normalized spacial score (nSPS) is 11.5. The van der Waals surface area contributed by atoms with E-state index in [0.29, 0.717) is 0 Å². The highest BCUT2D eigenvalue weighted by molar-refractivity contribution is 5.94. The smallest absolute Gasteiger partial charge is 0.310 e. The predicted molar refractivity (Wildman–Crippen MR) is 78.2 cm³/mol. The minimum Gasteiger partial charge on any atom is -0.474 e. The average Bonchev–Trinajstić information content (AvgIpc) is 2.49. The van der Waals surface area contributed by atoms with Gasteiger partial charge in [0.05, 0.1) is 10.6 Å². The number of nitrogens with one attached hydrogen (secondary N) is 1. The van der Waals surface area contributed by atoms with Crippen LogP contribution in [0.25, 0.3) is 0 Å². The van der Waals surface area contributed by atoms with Gasteiger partial charge in [0, 0.05) is 6.07 Å². The van der Waals surface area contributed by atoms with Gasteiger partial charge in [-0.15, -0.1) is 0 Å². The molecule has 2 rings (SSSR count). The zero-order valence-electron chi connectivity index (χ0n) is 11.7. The third kappa shape index (κ3) is 3.57. The number of halogens is 1. The molecule has 1 atom stereocenters. The lowest BCUT2D eigenvalue weighted by Crippen LogP contribution is -2.30. The Kier molecular flexibility index (Phi) is 4.67. The van der Waals surface area contributed by atoms with Crippen LogP contribution in [-0.2, 0) is 4.79 Å². The summed E-state index contributed by atoms with van der Waals surface area (Å²) in [5.41, 5.74) is -0.224. The topological polar surface area (TPSA) is 81.5 Å². The van der Waals surface area contributed by atoms with Gasteiger partial charge in [0.15, 0.2) is 11.9 Å². The minimum atomic E-state index is -1.03. The first kappa shape index (κ1) is 15.4. The third-order valence-corrected chi connectivity index (χ3v) is 2.87. The lowest BCUT2D eigenvalue weighted by molar-refractivity contribution is -0.386. The van der Waals surface area contributed by atoms with Crippen molar-refractivity contribution >= 4 is 17.3 Å². The van der Waals surface area contributed by atoms with E-state index in [2.05, 4.69) is 5.32 Å². The standard InChI is InChI=1S/C15H13FN2O4/c1-10(15(19)17-12-7-3-2-6-11(12)16)22-14-9-5-4-8-13(14)18(20)21/h2-10H,1H3,(H,17,19). The number of nitro benzene ring substituents is 1. The molecule has 0 spiro atoms. The summed E-state index contributed by atoms with van der Waals surface area (Å²) >= 11 is 0. The highest BCUT2D eigenvalue weighted by Gasteiger charge is 2.21. The van der Waals surface area contributed by atoms with Gasteiger partial charge in [-0.2, -0.15) is 0 Å². The highest BCUT2D eigenvalue weighted by atomic mass is 19.1. The number of nitrogens with zero attached hydrogens (tertiary/aromatic N) is 1. The Labute approximate surface area is 125 Å². The Hall–Kier alpha value is -2.96. The summed E-state index contributed by atoms with van der Waals surface area (Å²) < 4.78 is 18.8. The fourth-order valence-electron chi connectivity index (χ4n) is 1.75. The number of amides is 1. The van der Waals surface area contributed by atoms with Crippen LogP contribution in [0.1, 0.15) is 6.92 Å². The van der Waals surface area contributed by atoms with E-state index in [1.54, 1.807) is 12.1 Å². The van der Waals surface area contributed by atoms with Crippen molar-refractivity contribution in [2.75, 3.05) is 5.32 Å². The van der Waals surface area contributed by atoms with Crippen molar-refractivity contribution in [3.63, 3.8) is 0 Å². The number of carbonyl (C=O) groups is 1. The molecule has 0 radical (unpaired) electrons. The van der Waals surface area contributed by atoms with Crippen molar-refractivity contribution in [3.05, 3.63) is 64.5 Å². The van der Waals surface area contributed by atoms with Gasteiger partial charge >= 0.3 is 5.69 Å². The van der Waals surface area contributed by atoms with E-state index in [1.165, 1.54) is 43.3 Å². The number of carbonyl (C=O) groups excluding carboxylic acids is 1. The van der Waals surface area contributed by atoms with Crippen LogP contribution >= 0.6 is 0 Å². The number of ether oxygens (including phenoxy) is 1. The molecule has 2 aromatic carbocycles. The van der Waals surface area contributed by atoms with Crippen LogP contribution in [0, 0.1) is 15.9 Å². The summed E-state index contributed by atoms with van der Waals surface area (Å²) in [5, 5.41) is 13.3. The number of rotatable bonds is 5. The molecule has 114 valence electrons. The van der Waals surface area contributed by atoms with Gasteiger partial charge in [-0.25, -0.2) is 4.39 Å². The monoisotopic (exact) mass is 304 g/mol. The molecule has 0 aliphatic rings. The van der Waals surface area contributed by atoms with E-state index in [1.807, 2.05) is 0 Å². The van der Waals surface area contributed by atoms with Gasteiger partial charge in [0.25, 0.3) is 5.91 Å². The fraction of sp³-hybridized carbons (Fsp3) is 0.133. The SMILES string of the molecule is CC(Oc1ccccc1[N+](=O)[O-])C(=O)Nc1ccccc1F. The number of hydrogen-bond donors (Lipinski definition) is 1. The molecule has 1 amide bonds. The Morgan fingerprint density at radius 3 is 2.55 bits per heavy atom. The summed E-state index contributed by atoms with van der Waals surface area (Å²) in [4.78, 5) is 22.3. The van der Waals surface area contributed by atoms with E-state index in [9.17, 15) is 19.3 Å². The van der Waals surface area contributed by atoms with Crippen LogP contribution in [0.3, 0.4) is 0 Å². The number of nitro groups is 1. The highest BCUT2D eigenvalue weighted by Crippen LogP contribution is 2.27. The quantitative estimate of drug-likeness (QED) is 0.679. The molecule has 6 nitrogen and oxygen atoms in total. The first-order chi connectivity index (χ1) is 10.5. The molecule has 1 unspecified atom stereocenters. The Bertz CT molecular complexity index is 705. The van der Waals surface area contributed by atoms with Crippen LogP contribution in [0.2, 0.25) is 0 Å². The van der Waals surface area contributed by atoms with E-state index in [0.717, 1.165) is 0 Å². The van der Waals surface area contributed by atoms with E-state index >= 15 is 0 Å². The maximum atomic E-state index is 13.5. The van der Waals surface area contributed by atoms with Crippen molar-refractivity contribution in [1.82, 2.24) is 0 Å². The zero-order chi connectivity index (χ0) is 16.1. The molecule has 2 aromatic rings. The van der Waals surface area contributed by atoms with Crippen molar-refractivity contribution in [1.29, 1.82) is 0 Å². The van der Waals surface area contributed by atoms with E-state index in [4.69, 9.17) is 4.74 Å². The van der Waals surface area contributed by atoms with Gasteiger partial charge in [-0.3, -0.25) is 14.9 Å². The molecule has 7 heteroatoms. The first-order valence-electron chi connectivity index (χ1n) is 6.44. The number of benzene rings is 2. The van der Waals surface area contributed by atoms with Crippen LogP contribution in [-0.4, -0.2) is 16.9 Å². The van der Waals surface area contributed by atoms with Crippen LogP contribution in [0.15, 0.2) is 48.5 Å². The average molecular weight is 304 g/mol. The second kappa shape index (κ2) is 6.66. The molecule has 0 aliphatic heterocycles. The van der Waals surface area contributed by atoms with Gasteiger partial charge < -0.3 is 10.1 Å². The van der Waals surface area contributed by atoms with E-state index in [-0.39, 0.29) is 17.1 Å². The maximum Gasteiger partial charge on any atom is 0.310 e. The van der Waals surface area contributed by atoms with Crippen molar-refractivity contribution in [2.24, 2.45) is 0 Å². The summed E-state index contributed by atoms with van der Waals surface area (Å²) in [6.07, 6.45) is -1.03. The number of para-hydroxylation sites is 3. The Morgan fingerprint density at radius 1 is 1.23 bits per heavy atom. The molecule has 1 N–H and O–H groups in total. The van der Waals surface area contributed by atoms with Gasteiger partial charge in [-0.05, 0) is 25.1 Å². The lowest BCUT2D eigenvalue weighted by Gasteiger charge is -2.15. The lowest BCUT2D eigenvalue weighted by atomic mass is 10.2. The first-order valence-corrected chi connectivity index (χ1v) is 6.44. The molecule has 0 aromatic heterocycles. The summed E-state index contributed by atoms with van der Waals surface area (Å²) in [5.74, 6) is -1.21. The summed E-state index contributed by atoms with van der Waals surface area (Å²) in [7, 11) is 0. The second-order valence-electron chi connectivity index (χ2n) is 4.45. The molecule has 0 heterocycles. The fourth-order valence-corrected chi connectivity index (χ4v) is 1.75. The Balaban J connectivity index is 2.09. The van der Waals surface area contributed by atoms with Crippen LogP contribution in [0.5, 0.6) is 5.75 Å². The molecule has 22 heavy (non-hydrogen) atoms. The molecular weight excluding hydrogens is 291 g/mol. The molecule has 0 bridgehead atoms. The molecule has 0 fully saturated rings. The maximum absolute atomic E-state index is 13.5. The third-order valence-electron chi connectivity index (χ3n) is 2.87. The number of anilines is 1. The van der Waals surface area contributed by atoms with Crippen molar-refractivity contribution < 1.29 is 18.8 Å². The van der Waals surface area contributed by atoms with Gasteiger partial charge in [-0.1, -0.05) is 24.3 Å². The molecular formula is C15H13FN2O4. The van der Waals surface area contributed by atoms with Crippen molar-refractivity contribution in [2.45, 2.75) is 13.0 Å². The van der Waals surface area contributed by atoms with Gasteiger partial charge in [0.1, 0.15) is 5.82 Å². The Morgan fingerprint density at radius 2 is 1.86 bits per heavy atom. The van der Waals surface area contributed by atoms with E-state index < -0.39 is 22.8 Å². The molecule has 0 aliphatic carbocycles. The van der Waals surface area contributed by atoms with Crippen LogP contribution < -0.4 is 10.1 Å². The van der Waals surface area contributed by atoms with Crippen LogP contribution in [0.4, 0.5) is 15.8 Å².